The Morgan fingerprint density at radius 1 is 1.32 bits per heavy atom. The molecule has 2 aromatic heterocycles. The summed E-state index contributed by atoms with van der Waals surface area (Å²) in [6.45, 7) is 0.352. The van der Waals surface area contributed by atoms with Crippen LogP contribution in [0.4, 0.5) is 0 Å². The number of benzene rings is 1. The summed E-state index contributed by atoms with van der Waals surface area (Å²) in [6.07, 6.45) is 1.47. The van der Waals surface area contributed by atoms with Crippen LogP contribution in [0.5, 0.6) is 5.75 Å². The van der Waals surface area contributed by atoms with E-state index >= 15 is 0 Å². The summed E-state index contributed by atoms with van der Waals surface area (Å²) in [4.78, 5) is 12.1. The van der Waals surface area contributed by atoms with Crippen molar-refractivity contribution in [2.24, 2.45) is 0 Å². The molecule has 1 N–H and O–H groups in total. The predicted octanol–water partition coefficient (Wildman–Crippen LogP) is 0.571. The predicted molar refractivity (Wildman–Crippen MR) is 68.0 cm³/mol. The molecule has 0 aliphatic heterocycles. The summed E-state index contributed by atoms with van der Waals surface area (Å²) in [6, 6.07) is 7.43. The second kappa shape index (κ2) is 4.52. The summed E-state index contributed by atoms with van der Waals surface area (Å²) < 4.78 is 6.37. The van der Waals surface area contributed by atoms with E-state index in [0.717, 1.165) is 11.3 Å². The highest BCUT2D eigenvalue weighted by Crippen LogP contribution is 2.11. The molecule has 0 atom stereocenters. The number of H-pyrrole nitrogens is 1. The quantitative estimate of drug-likeness (QED) is 0.741. The van der Waals surface area contributed by atoms with Crippen LogP contribution < -0.4 is 10.3 Å². The lowest BCUT2D eigenvalue weighted by atomic mass is 10.2. The lowest BCUT2D eigenvalue weighted by Gasteiger charge is -2.04. The lowest BCUT2D eigenvalue weighted by molar-refractivity contribution is 0.414. The Morgan fingerprint density at radius 2 is 2.11 bits per heavy atom. The first-order valence-corrected chi connectivity index (χ1v) is 5.68. The van der Waals surface area contributed by atoms with Crippen molar-refractivity contribution in [1.82, 2.24) is 25.2 Å². The smallest absolute Gasteiger partial charge is 0.295 e. The molecule has 0 unspecified atom stereocenters. The first-order valence-electron chi connectivity index (χ1n) is 5.68. The summed E-state index contributed by atoms with van der Waals surface area (Å²) in [7, 11) is 1.61. The molecule has 3 aromatic rings. The molecule has 0 fully saturated rings. The van der Waals surface area contributed by atoms with Crippen molar-refractivity contribution in [3.05, 3.63) is 46.4 Å². The van der Waals surface area contributed by atoms with Crippen LogP contribution in [0.3, 0.4) is 0 Å². The minimum Gasteiger partial charge on any atom is -0.497 e. The van der Waals surface area contributed by atoms with Crippen LogP contribution in [0.25, 0.3) is 11.0 Å². The van der Waals surface area contributed by atoms with Gasteiger partial charge < -0.3 is 4.74 Å². The molecule has 0 saturated heterocycles. The molecule has 2 heterocycles. The Bertz CT molecular complexity index is 760. The van der Waals surface area contributed by atoms with E-state index < -0.39 is 0 Å². The normalized spacial score (nSPS) is 10.8. The average molecular weight is 257 g/mol. The number of nitrogens with one attached hydrogen (secondary N) is 1. The van der Waals surface area contributed by atoms with Gasteiger partial charge in [-0.05, 0) is 17.7 Å². The van der Waals surface area contributed by atoms with Crippen molar-refractivity contribution in [2.45, 2.75) is 6.54 Å². The van der Waals surface area contributed by atoms with Crippen molar-refractivity contribution >= 4 is 11.0 Å². The van der Waals surface area contributed by atoms with Crippen LogP contribution in [0.2, 0.25) is 0 Å². The van der Waals surface area contributed by atoms with Gasteiger partial charge in [-0.1, -0.05) is 17.3 Å². The van der Waals surface area contributed by atoms with E-state index in [1.807, 2.05) is 24.3 Å². The number of aromatic amines is 1. The van der Waals surface area contributed by atoms with E-state index in [0.29, 0.717) is 17.6 Å². The second-order valence-electron chi connectivity index (χ2n) is 4.03. The van der Waals surface area contributed by atoms with Crippen LogP contribution in [0, 0.1) is 0 Å². The van der Waals surface area contributed by atoms with Gasteiger partial charge in [-0.2, -0.15) is 5.10 Å². The van der Waals surface area contributed by atoms with Gasteiger partial charge in [-0.15, -0.1) is 5.10 Å². The van der Waals surface area contributed by atoms with Crippen molar-refractivity contribution < 1.29 is 4.74 Å². The van der Waals surface area contributed by atoms with Gasteiger partial charge >= 0.3 is 0 Å². The molecule has 0 radical (unpaired) electrons. The molecular weight excluding hydrogens is 246 g/mol. The monoisotopic (exact) mass is 257 g/mol. The number of ether oxygens (including phenoxy) is 1. The second-order valence-corrected chi connectivity index (χ2v) is 4.03. The fourth-order valence-electron chi connectivity index (χ4n) is 1.79. The highest BCUT2D eigenvalue weighted by atomic mass is 16.5. The molecule has 0 saturated carbocycles. The Kier molecular flexibility index (Phi) is 2.71. The third-order valence-corrected chi connectivity index (χ3v) is 2.82. The maximum absolute atomic E-state index is 12.1. The Morgan fingerprint density at radius 3 is 2.84 bits per heavy atom. The molecule has 0 amide bonds. The largest absolute Gasteiger partial charge is 0.497 e. The third-order valence-electron chi connectivity index (χ3n) is 2.82. The molecule has 0 spiro atoms. The summed E-state index contributed by atoms with van der Waals surface area (Å²) in [5.74, 6) is 0.770. The minimum absolute atomic E-state index is 0.238. The number of rotatable bonds is 3. The fraction of sp³-hybridized carbons (Fsp3) is 0.167. The maximum Gasteiger partial charge on any atom is 0.295 e. The van der Waals surface area contributed by atoms with Gasteiger partial charge in [0, 0.05) is 0 Å². The van der Waals surface area contributed by atoms with E-state index in [1.165, 1.54) is 10.9 Å². The van der Waals surface area contributed by atoms with Gasteiger partial charge in [0.05, 0.1) is 19.9 Å². The van der Waals surface area contributed by atoms with Gasteiger partial charge in [-0.3, -0.25) is 9.89 Å². The molecule has 96 valence electrons. The molecule has 19 heavy (non-hydrogen) atoms. The van der Waals surface area contributed by atoms with Gasteiger partial charge in [0.25, 0.3) is 5.56 Å². The van der Waals surface area contributed by atoms with E-state index in [4.69, 9.17) is 4.74 Å². The van der Waals surface area contributed by atoms with Crippen molar-refractivity contribution in [2.75, 3.05) is 7.11 Å². The van der Waals surface area contributed by atoms with E-state index in [2.05, 4.69) is 20.5 Å². The van der Waals surface area contributed by atoms with Crippen LogP contribution in [0.1, 0.15) is 5.56 Å². The Hall–Kier alpha value is -2.70. The maximum atomic E-state index is 12.1. The minimum atomic E-state index is -0.238. The van der Waals surface area contributed by atoms with Crippen molar-refractivity contribution in [1.29, 1.82) is 0 Å². The molecule has 7 heteroatoms. The van der Waals surface area contributed by atoms with Crippen LogP contribution in [0.15, 0.2) is 35.3 Å². The van der Waals surface area contributed by atoms with Crippen molar-refractivity contribution in [3.63, 3.8) is 0 Å². The number of fused-ring (bicyclic) bond motifs is 1. The van der Waals surface area contributed by atoms with E-state index in [9.17, 15) is 4.79 Å². The molecule has 3 rings (SSSR count). The fourth-order valence-corrected chi connectivity index (χ4v) is 1.79. The van der Waals surface area contributed by atoms with Gasteiger partial charge in [-0.25, -0.2) is 4.68 Å². The number of nitrogens with zero attached hydrogens (tertiary/aromatic N) is 4. The van der Waals surface area contributed by atoms with Crippen LogP contribution in [-0.2, 0) is 6.54 Å². The highest BCUT2D eigenvalue weighted by molar-refractivity contribution is 5.70. The standard InChI is InChI=1S/C12H11N5O2/c1-19-9-4-2-8(3-5-9)7-17-12(18)11-10(14-16-17)6-13-15-11/h2-6H,7H2,1H3,(H,13,15). The number of aromatic nitrogens is 5. The SMILES string of the molecule is COc1ccc(Cn2nnc3cn[nH]c3c2=O)cc1. The number of methoxy groups -OCH3 is 1. The van der Waals surface area contributed by atoms with E-state index in [-0.39, 0.29) is 5.56 Å². The highest BCUT2D eigenvalue weighted by Gasteiger charge is 2.07. The zero-order chi connectivity index (χ0) is 13.2. The lowest BCUT2D eigenvalue weighted by Crippen LogP contribution is -2.24. The van der Waals surface area contributed by atoms with Crippen LogP contribution >= 0.6 is 0 Å². The summed E-state index contributed by atoms with van der Waals surface area (Å²) in [5.41, 5.74) is 1.54. The zero-order valence-corrected chi connectivity index (χ0v) is 10.2. The van der Waals surface area contributed by atoms with Gasteiger partial charge in [0.1, 0.15) is 11.3 Å². The Balaban J connectivity index is 1.95. The molecule has 0 aliphatic carbocycles. The molecule has 1 aromatic carbocycles. The van der Waals surface area contributed by atoms with Crippen molar-refractivity contribution in [3.8, 4) is 5.75 Å². The molecular formula is C12H11N5O2. The van der Waals surface area contributed by atoms with Gasteiger partial charge in [0.15, 0.2) is 5.52 Å². The number of hydrogen-bond donors (Lipinski definition) is 1. The van der Waals surface area contributed by atoms with Gasteiger partial charge in [0.2, 0.25) is 0 Å². The third kappa shape index (κ3) is 2.05. The van der Waals surface area contributed by atoms with E-state index in [1.54, 1.807) is 7.11 Å². The first kappa shape index (κ1) is 11.4. The zero-order valence-electron chi connectivity index (χ0n) is 10.2. The molecule has 0 bridgehead atoms. The molecule has 7 nitrogen and oxygen atoms in total. The first-order chi connectivity index (χ1) is 9.28. The van der Waals surface area contributed by atoms with Crippen LogP contribution in [-0.4, -0.2) is 32.3 Å². The summed E-state index contributed by atoms with van der Waals surface area (Å²) >= 11 is 0. The number of hydrogen-bond acceptors (Lipinski definition) is 5. The topological polar surface area (TPSA) is 85.7 Å². The summed E-state index contributed by atoms with van der Waals surface area (Å²) in [5, 5.41) is 14.2. The average Bonchev–Trinajstić information content (AvgIpc) is 2.92. The Labute approximate surface area is 107 Å². The molecule has 0 aliphatic rings.